The Kier molecular flexibility index (Phi) is 4.08. The molecule has 0 unspecified atom stereocenters. The lowest BCUT2D eigenvalue weighted by atomic mass is 10.1. The predicted octanol–water partition coefficient (Wildman–Crippen LogP) is 2.05. The average molecular weight is 295 g/mol. The largest absolute Gasteiger partial charge is 0.477 e. The van der Waals surface area contributed by atoms with E-state index in [4.69, 9.17) is 5.11 Å². The standard InChI is InChI=1S/C13H17N3O3S/c1-7(2)4-5-15-16-6-14-11-9(12(16)17)8(3)10(20-11)13(18)19/h6-7,15H,4-5H2,1-3H3,(H,18,19). The number of carbonyl (C=O) groups is 1. The van der Waals surface area contributed by atoms with Crippen molar-refractivity contribution in [1.82, 2.24) is 9.66 Å². The van der Waals surface area contributed by atoms with Gasteiger partial charge in [-0.1, -0.05) is 13.8 Å². The van der Waals surface area contributed by atoms with Crippen molar-refractivity contribution in [2.24, 2.45) is 5.92 Å². The molecule has 0 fully saturated rings. The highest BCUT2D eigenvalue weighted by atomic mass is 32.1. The summed E-state index contributed by atoms with van der Waals surface area (Å²) in [4.78, 5) is 28.2. The highest BCUT2D eigenvalue weighted by Gasteiger charge is 2.18. The van der Waals surface area contributed by atoms with Gasteiger partial charge in [-0.2, -0.15) is 0 Å². The first-order valence-corrected chi connectivity index (χ1v) is 7.21. The number of fused-ring (bicyclic) bond motifs is 1. The van der Waals surface area contributed by atoms with Crippen LogP contribution in [0.25, 0.3) is 10.2 Å². The van der Waals surface area contributed by atoms with E-state index in [1.807, 2.05) is 0 Å². The zero-order valence-electron chi connectivity index (χ0n) is 11.6. The number of nitrogens with one attached hydrogen (secondary N) is 1. The van der Waals surface area contributed by atoms with Crippen LogP contribution in [0.1, 0.15) is 35.5 Å². The Hall–Kier alpha value is -1.89. The molecule has 7 heteroatoms. The molecule has 2 N–H and O–H groups in total. The molecule has 2 heterocycles. The summed E-state index contributed by atoms with van der Waals surface area (Å²) < 4.78 is 1.33. The maximum Gasteiger partial charge on any atom is 0.346 e. The van der Waals surface area contributed by atoms with Crippen molar-refractivity contribution in [3.63, 3.8) is 0 Å². The van der Waals surface area contributed by atoms with E-state index in [2.05, 4.69) is 24.3 Å². The van der Waals surface area contributed by atoms with Gasteiger partial charge in [-0.15, -0.1) is 11.3 Å². The summed E-state index contributed by atoms with van der Waals surface area (Å²) in [6.45, 7) is 6.52. The van der Waals surface area contributed by atoms with E-state index in [-0.39, 0.29) is 10.4 Å². The van der Waals surface area contributed by atoms with Crippen LogP contribution in [0.3, 0.4) is 0 Å². The van der Waals surface area contributed by atoms with E-state index in [0.717, 1.165) is 17.8 Å². The fourth-order valence-electron chi connectivity index (χ4n) is 1.91. The third kappa shape index (κ3) is 2.67. The van der Waals surface area contributed by atoms with E-state index in [9.17, 15) is 9.59 Å². The number of aryl methyl sites for hydroxylation is 1. The van der Waals surface area contributed by atoms with Gasteiger partial charge in [-0.25, -0.2) is 14.5 Å². The normalized spacial score (nSPS) is 11.2. The first-order chi connectivity index (χ1) is 9.41. The van der Waals surface area contributed by atoms with E-state index in [1.54, 1.807) is 6.92 Å². The molecule has 0 amide bonds. The highest BCUT2D eigenvalue weighted by Crippen LogP contribution is 2.26. The number of carboxylic acid groups (broad SMARTS) is 1. The number of nitrogens with zero attached hydrogens (tertiary/aromatic N) is 2. The summed E-state index contributed by atoms with van der Waals surface area (Å²) in [6, 6.07) is 0. The molecule has 2 aromatic rings. The molecule has 0 atom stereocenters. The lowest BCUT2D eigenvalue weighted by molar-refractivity contribution is 0.0701. The second-order valence-corrected chi connectivity index (χ2v) is 6.05. The first kappa shape index (κ1) is 14.5. The van der Waals surface area contributed by atoms with Crippen molar-refractivity contribution in [2.45, 2.75) is 27.2 Å². The number of hydrogen-bond acceptors (Lipinski definition) is 5. The molecule has 0 radical (unpaired) electrons. The minimum Gasteiger partial charge on any atom is -0.477 e. The van der Waals surface area contributed by atoms with Gasteiger partial charge >= 0.3 is 5.97 Å². The van der Waals surface area contributed by atoms with Gasteiger partial charge < -0.3 is 10.5 Å². The van der Waals surface area contributed by atoms with Crippen LogP contribution in [-0.2, 0) is 0 Å². The zero-order chi connectivity index (χ0) is 14.9. The smallest absolute Gasteiger partial charge is 0.346 e. The molecule has 0 bridgehead atoms. The average Bonchev–Trinajstić information content (AvgIpc) is 2.70. The Morgan fingerprint density at radius 1 is 1.55 bits per heavy atom. The quantitative estimate of drug-likeness (QED) is 0.882. The SMILES string of the molecule is Cc1c(C(=O)O)sc2ncn(NCCC(C)C)c(=O)c12. The minimum atomic E-state index is -1.02. The van der Waals surface area contributed by atoms with Crippen LogP contribution in [0.5, 0.6) is 0 Å². The third-order valence-electron chi connectivity index (χ3n) is 3.05. The van der Waals surface area contributed by atoms with Gasteiger partial charge in [-0.3, -0.25) is 4.79 Å². The summed E-state index contributed by atoms with van der Waals surface area (Å²) in [5.41, 5.74) is 3.23. The predicted molar refractivity (Wildman–Crippen MR) is 79.3 cm³/mol. The molecule has 0 saturated carbocycles. The number of aromatic nitrogens is 2. The summed E-state index contributed by atoms with van der Waals surface area (Å²) in [5, 5.41) is 9.47. The van der Waals surface area contributed by atoms with Crippen LogP contribution < -0.4 is 11.0 Å². The topological polar surface area (TPSA) is 84.2 Å². The Balaban J connectivity index is 2.40. The Labute approximate surface area is 120 Å². The molecule has 108 valence electrons. The monoisotopic (exact) mass is 295 g/mol. The molecule has 20 heavy (non-hydrogen) atoms. The van der Waals surface area contributed by atoms with Crippen molar-refractivity contribution in [1.29, 1.82) is 0 Å². The van der Waals surface area contributed by atoms with Crippen molar-refractivity contribution < 1.29 is 9.90 Å². The Morgan fingerprint density at radius 3 is 2.85 bits per heavy atom. The summed E-state index contributed by atoms with van der Waals surface area (Å²) in [5.74, 6) is -0.486. The van der Waals surface area contributed by atoms with E-state index >= 15 is 0 Å². The van der Waals surface area contributed by atoms with Crippen molar-refractivity contribution in [2.75, 3.05) is 12.0 Å². The maximum absolute atomic E-state index is 12.3. The van der Waals surface area contributed by atoms with Crippen LogP contribution in [0.2, 0.25) is 0 Å². The van der Waals surface area contributed by atoms with Crippen LogP contribution in [-0.4, -0.2) is 27.3 Å². The molecule has 0 saturated heterocycles. The number of rotatable bonds is 5. The first-order valence-electron chi connectivity index (χ1n) is 6.39. The lowest BCUT2D eigenvalue weighted by Gasteiger charge is -2.10. The Bertz CT molecular complexity index is 703. The molecular formula is C13H17N3O3S. The summed E-state index contributed by atoms with van der Waals surface area (Å²) in [7, 11) is 0. The van der Waals surface area contributed by atoms with Crippen LogP contribution >= 0.6 is 11.3 Å². The second kappa shape index (κ2) is 5.62. The van der Waals surface area contributed by atoms with Gasteiger partial charge in [0.25, 0.3) is 5.56 Å². The van der Waals surface area contributed by atoms with Gasteiger partial charge in [0.15, 0.2) is 0 Å². The molecular weight excluding hydrogens is 278 g/mol. The fraction of sp³-hybridized carbons (Fsp3) is 0.462. The summed E-state index contributed by atoms with van der Waals surface area (Å²) >= 11 is 1.03. The van der Waals surface area contributed by atoms with Gasteiger partial charge in [0, 0.05) is 6.54 Å². The molecule has 2 rings (SSSR count). The van der Waals surface area contributed by atoms with Gasteiger partial charge in [0.05, 0.1) is 5.39 Å². The van der Waals surface area contributed by atoms with E-state index < -0.39 is 5.97 Å². The van der Waals surface area contributed by atoms with Gasteiger partial charge in [0.1, 0.15) is 16.0 Å². The molecule has 6 nitrogen and oxygen atoms in total. The molecule has 0 aliphatic carbocycles. The number of carboxylic acids is 1. The van der Waals surface area contributed by atoms with E-state index in [0.29, 0.717) is 28.2 Å². The number of thiophene rings is 1. The van der Waals surface area contributed by atoms with Crippen molar-refractivity contribution in [3.8, 4) is 0 Å². The van der Waals surface area contributed by atoms with Gasteiger partial charge in [-0.05, 0) is 24.8 Å². The number of hydrogen-bond donors (Lipinski definition) is 2. The molecule has 0 aromatic carbocycles. The van der Waals surface area contributed by atoms with Crippen LogP contribution in [0.4, 0.5) is 0 Å². The zero-order valence-corrected chi connectivity index (χ0v) is 12.5. The van der Waals surface area contributed by atoms with Crippen molar-refractivity contribution >= 4 is 27.5 Å². The molecule has 2 aromatic heterocycles. The molecule has 0 spiro atoms. The van der Waals surface area contributed by atoms with Crippen LogP contribution in [0.15, 0.2) is 11.1 Å². The molecule has 0 aliphatic rings. The number of aromatic carboxylic acids is 1. The van der Waals surface area contributed by atoms with E-state index in [1.165, 1.54) is 11.0 Å². The summed E-state index contributed by atoms with van der Waals surface area (Å²) in [6.07, 6.45) is 2.35. The molecule has 0 aliphatic heterocycles. The Morgan fingerprint density at radius 2 is 2.25 bits per heavy atom. The van der Waals surface area contributed by atoms with Gasteiger partial charge in [0.2, 0.25) is 0 Å². The third-order valence-corrected chi connectivity index (χ3v) is 4.24. The maximum atomic E-state index is 12.3. The highest BCUT2D eigenvalue weighted by molar-refractivity contribution is 7.20. The van der Waals surface area contributed by atoms with Crippen molar-refractivity contribution in [3.05, 3.63) is 27.1 Å². The lowest BCUT2D eigenvalue weighted by Crippen LogP contribution is -2.30. The van der Waals surface area contributed by atoms with Crippen LogP contribution in [0, 0.1) is 12.8 Å². The second-order valence-electron chi connectivity index (χ2n) is 5.05. The minimum absolute atomic E-state index is 0.171. The fourth-order valence-corrected chi connectivity index (χ4v) is 2.89.